The molecule has 41 heavy (non-hydrogen) atoms. The molecule has 2 aromatic rings. The van der Waals surface area contributed by atoms with Crippen molar-refractivity contribution in [1.82, 2.24) is 0 Å². The molecule has 0 aliphatic rings. The lowest BCUT2D eigenvalue weighted by Gasteiger charge is -2.11. The molecular weight excluding hydrogens is 524 g/mol. The molecule has 0 unspecified atom stereocenters. The molecule has 0 amide bonds. The quantitative estimate of drug-likeness (QED) is 0.0760. The van der Waals surface area contributed by atoms with Crippen molar-refractivity contribution in [3.63, 3.8) is 0 Å². The van der Waals surface area contributed by atoms with Crippen molar-refractivity contribution in [1.29, 1.82) is 0 Å². The van der Waals surface area contributed by atoms with Crippen molar-refractivity contribution >= 4 is 24.0 Å². The van der Waals surface area contributed by atoms with Gasteiger partial charge in [0.2, 0.25) is 0 Å². The van der Waals surface area contributed by atoms with Crippen molar-refractivity contribution in [2.75, 3.05) is 27.4 Å². The van der Waals surface area contributed by atoms with Crippen LogP contribution in [0.3, 0.4) is 0 Å². The summed E-state index contributed by atoms with van der Waals surface area (Å²) in [5, 5.41) is 0. The Morgan fingerprint density at radius 3 is 1.95 bits per heavy atom. The van der Waals surface area contributed by atoms with Crippen LogP contribution in [0.2, 0.25) is 0 Å². The van der Waals surface area contributed by atoms with Crippen LogP contribution in [0.15, 0.2) is 48.5 Å². The van der Waals surface area contributed by atoms with Crippen LogP contribution in [-0.4, -0.2) is 45.3 Å². The SMILES string of the molecule is COC(=O)/C=C/c1ccc(OC(=O)c2ccc(OCCCCCCCCCCCOC(=O)C(C)C)cc2)c(OC)c1. The topological polar surface area (TPSA) is 97.4 Å². The van der Waals surface area contributed by atoms with Crippen LogP contribution >= 0.6 is 0 Å². The van der Waals surface area contributed by atoms with Gasteiger partial charge in [0.25, 0.3) is 0 Å². The number of esters is 3. The van der Waals surface area contributed by atoms with Crippen molar-refractivity contribution < 1.29 is 38.1 Å². The maximum absolute atomic E-state index is 12.6. The number of rotatable bonds is 19. The lowest BCUT2D eigenvalue weighted by Crippen LogP contribution is -2.12. The maximum Gasteiger partial charge on any atom is 0.343 e. The largest absolute Gasteiger partial charge is 0.494 e. The van der Waals surface area contributed by atoms with E-state index in [-0.39, 0.29) is 17.6 Å². The molecule has 2 aromatic carbocycles. The summed E-state index contributed by atoms with van der Waals surface area (Å²) >= 11 is 0. The normalized spacial score (nSPS) is 11.0. The monoisotopic (exact) mass is 568 g/mol. The van der Waals surface area contributed by atoms with Gasteiger partial charge in [0.1, 0.15) is 5.75 Å². The van der Waals surface area contributed by atoms with Gasteiger partial charge in [0.15, 0.2) is 11.5 Å². The number of carbonyl (C=O) groups excluding carboxylic acids is 3. The van der Waals surface area contributed by atoms with E-state index in [1.54, 1.807) is 48.5 Å². The molecule has 8 heteroatoms. The second kappa shape index (κ2) is 19.3. The molecular formula is C33H44O8. The number of hydrogen-bond donors (Lipinski definition) is 0. The highest BCUT2D eigenvalue weighted by Crippen LogP contribution is 2.29. The van der Waals surface area contributed by atoms with Crippen molar-refractivity contribution in [3.8, 4) is 17.2 Å². The number of benzene rings is 2. The Bertz CT molecular complexity index is 1100. The Hall–Kier alpha value is -3.81. The van der Waals surface area contributed by atoms with E-state index < -0.39 is 11.9 Å². The average molecular weight is 569 g/mol. The first-order chi connectivity index (χ1) is 19.8. The zero-order valence-electron chi connectivity index (χ0n) is 24.8. The van der Waals surface area contributed by atoms with E-state index in [1.807, 2.05) is 13.8 Å². The molecule has 0 aliphatic heterocycles. The molecule has 2 rings (SSSR count). The summed E-state index contributed by atoms with van der Waals surface area (Å²) in [6, 6.07) is 11.9. The summed E-state index contributed by atoms with van der Waals surface area (Å²) in [4.78, 5) is 35.3. The first-order valence-electron chi connectivity index (χ1n) is 14.4. The lowest BCUT2D eigenvalue weighted by atomic mass is 10.1. The Morgan fingerprint density at radius 2 is 1.37 bits per heavy atom. The third-order valence-corrected chi connectivity index (χ3v) is 6.37. The molecule has 0 N–H and O–H groups in total. The van der Waals surface area contributed by atoms with Crippen molar-refractivity contribution in [2.24, 2.45) is 5.92 Å². The molecule has 0 fully saturated rings. The highest BCUT2D eigenvalue weighted by atomic mass is 16.6. The van der Waals surface area contributed by atoms with Crippen LogP contribution in [0, 0.1) is 5.92 Å². The number of carbonyl (C=O) groups is 3. The van der Waals surface area contributed by atoms with Crippen LogP contribution in [0.4, 0.5) is 0 Å². The van der Waals surface area contributed by atoms with Crippen LogP contribution in [0.25, 0.3) is 6.08 Å². The van der Waals surface area contributed by atoms with Crippen LogP contribution in [-0.2, 0) is 19.1 Å². The van der Waals surface area contributed by atoms with E-state index in [0.29, 0.717) is 35.8 Å². The summed E-state index contributed by atoms with van der Waals surface area (Å²) in [7, 11) is 2.78. The molecule has 0 atom stereocenters. The Kier molecular flexibility index (Phi) is 15.7. The van der Waals surface area contributed by atoms with Gasteiger partial charge >= 0.3 is 17.9 Å². The second-order valence-electron chi connectivity index (χ2n) is 10.0. The van der Waals surface area contributed by atoms with Crippen LogP contribution < -0.4 is 14.2 Å². The maximum atomic E-state index is 12.6. The van der Waals surface area contributed by atoms with E-state index in [0.717, 1.165) is 25.7 Å². The summed E-state index contributed by atoms with van der Waals surface area (Å²) in [5.41, 5.74) is 1.09. The number of unbranched alkanes of at least 4 members (excludes halogenated alkanes) is 8. The molecule has 224 valence electrons. The predicted molar refractivity (Wildman–Crippen MR) is 158 cm³/mol. The number of ether oxygens (including phenoxy) is 5. The van der Waals surface area contributed by atoms with Gasteiger partial charge < -0.3 is 23.7 Å². The van der Waals surface area contributed by atoms with Crippen LogP contribution in [0.1, 0.15) is 87.6 Å². The van der Waals surface area contributed by atoms with Crippen molar-refractivity contribution in [2.45, 2.75) is 71.6 Å². The van der Waals surface area contributed by atoms with E-state index >= 15 is 0 Å². The lowest BCUT2D eigenvalue weighted by molar-refractivity contribution is -0.147. The molecule has 0 heterocycles. The molecule has 0 bridgehead atoms. The first kappa shape index (κ1) is 33.4. The molecule has 0 aliphatic carbocycles. The van der Waals surface area contributed by atoms with E-state index in [4.69, 9.17) is 18.9 Å². The molecule has 0 spiro atoms. The summed E-state index contributed by atoms with van der Waals surface area (Å²) in [6.07, 6.45) is 13.1. The minimum atomic E-state index is -0.512. The smallest absolute Gasteiger partial charge is 0.343 e. The Balaban J connectivity index is 1.61. The highest BCUT2D eigenvalue weighted by Gasteiger charge is 2.13. The van der Waals surface area contributed by atoms with Crippen molar-refractivity contribution in [3.05, 3.63) is 59.7 Å². The van der Waals surface area contributed by atoms with Gasteiger partial charge in [0.05, 0.1) is 38.9 Å². The van der Waals surface area contributed by atoms with E-state index in [1.165, 1.54) is 52.4 Å². The average Bonchev–Trinajstić information content (AvgIpc) is 2.98. The summed E-state index contributed by atoms with van der Waals surface area (Å²) < 4.78 is 26.5. The summed E-state index contributed by atoms with van der Waals surface area (Å²) in [5.74, 6) is 0.210. The third kappa shape index (κ3) is 13.4. The van der Waals surface area contributed by atoms with Gasteiger partial charge in [-0.05, 0) is 60.9 Å². The minimum absolute atomic E-state index is 0.0513. The molecule has 8 nitrogen and oxygen atoms in total. The Morgan fingerprint density at radius 1 is 0.756 bits per heavy atom. The fourth-order valence-corrected chi connectivity index (χ4v) is 3.92. The predicted octanol–water partition coefficient (Wildman–Crippen LogP) is 7.19. The van der Waals surface area contributed by atoms with Gasteiger partial charge in [0, 0.05) is 6.08 Å². The zero-order chi connectivity index (χ0) is 29.9. The van der Waals surface area contributed by atoms with E-state index in [9.17, 15) is 14.4 Å². The van der Waals surface area contributed by atoms with Gasteiger partial charge in [-0.3, -0.25) is 4.79 Å². The van der Waals surface area contributed by atoms with Gasteiger partial charge in [-0.2, -0.15) is 0 Å². The zero-order valence-corrected chi connectivity index (χ0v) is 24.8. The van der Waals surface area contributed by atoms with Gasteiger partial charge in [-0.25, -0.2) is 9.59 Å². The van der Waals surface area contributed by atoms with Crippen LogP contribution in [0.5, 0.6) is 17.2 Å². The fraction of sp³-hybridized carbons (Fsp3) is 0.485. The molecule has 0 aromatic heterocycles. The second-order valence-corrected chi connectivity index (χ2v) is 10.0. The highest BCUT2D eigenvalue weighted by molar-refractivity contribution is 5.91. The molecule has 0 saturated carbocycles. The first-order valence-corrected chi connectivity index (χ1v) is 14.4. The molecule has 0 radical (unpaired) electrons. The fourth-order valence-electron chi connectivity index (χ4n) is 3.92. The third-order valence-electron chi connectivity index (χ3n) is 6.37. The number of hydrogen-bond acceptors (Lipinski definition) is 8. The minimum Gasteiger partial charge on any atom is -0.494 e. The Labute approximate surface area is 244 Å². The van der Waals surface area contributed by atoms with Gasteiger partial charge in [-0.15, -0.1) is 0 Å². The number of methoxy groups -OCH3 is 2. The standard InChI is InChI=1S/C33H44O8/c1-25(2)32(35)40-23-13-11-9-7-5-6-8-10-12-22-39-28-18-16-27(17-19-28)33(36)41-29-20-14-26(24-30(29)37-3)15-21-31(34)38-4/h14-21,24-25H,5-13,22-23H2,1-4H3/b21-15+. The van der Waals surface area contributed by atoms with Gasteiger partial charge in [-0.1, -0.05) is 64.9 Å². The molecule has 0 saturated heterocycles. The van der Waals surface area contributed by atoms with E-state index in [2.05, 4.69) is 4.74 Å². The summed E-state index contributed by atoms with van der Waals surface area (Å²) in [6.45, 7) is 4.87.